The van der Waals surface area contributed by atoms with Crippen molar-refractivity contribution >= 4 is 11.8 Å². The van der Waals surface area contributed by atoms with E-state index in [1.807, 2.05) is 0 Å². The fraction of sp³-hybridized carbons (Fsp3) is 0.760. The van der Waals surface area contributed by atoms with E-state index in [9.17, 15) is 9.59 Å². The van der Waals surface area contributed by atoms with Crippen molar-refractivity contribution in [1.82, 2.24) is 15.5 Å². The quantitative estimate of drug-likeness (QED) is 0.252. The Hall–Kier alpha value is -1.66. The highest BCUT2D eigenvalue weighted by Crippen LogP contribution is 2.15. The Kier molecular flexibility index (Phi) is 15.0. The average Bonchev–Trinajstić information content (AvgIpc) is 3.58. The second-order valence-corrected chi connectivity index (χ2v) is 8.56. The number of amides is 2. The number of hydrogen-bond donors (Lipinski definition) is 2. The summed E-state index contributed by atoms with van der Waals surface area (Å²) in [5.74, 6) is 0.181. The van der Waals surface area contributed by atoms with Crippen LogP contribution in [-0.4, -0.2) is 61.1 Å². The largest absolute Gasteiger partial charge is 0.372 e. The Morgan fingerprint density at radius 3 is 1.68 bits per heavy atom. The molecule has 1 heterocycles. The van der Waals surface area contributed by atoms with Gasteiger partial charge in [-0.05, 0) is 39.5 Å². The minimum atomic E-state index is 0.0905. The predicted octanol–water partition coefficient (Wildman–Crippen LogP) is 3.97. The summed E-state index contributed by atoms with van der Waals surface area (Å²) in [6.45, 7) is 11.4. The highest BCUT2D eigenvalue weighted by molar-refractivity contribution is 5.76. The normalized spacial score (nSPS) is 17.9. The van der Waals surface area contributed by atoms with E-state index in [-0.39, 0.29) is 30.0 Å². The molecule has 178 valence electrons. The molecule has 1 rings (SSSR count). The van der Waals surface area contributed by atoms with Crippen LogP contribution in [0, 0.1) is 0 Å². The smallest absolute Gasteiger partial charge is 0.220 e. The van der Waals surface area contributed by atoms with E-state index >= 15 is 0 Å². The van der Waals surface area contributed by atoms with E-state index in [1.165, 1.54) is 0 Å². The molecule has 6 nitrogen and oxygen atoms in total. The van der Waals surface area contributed by atoms with Gasteiger partial charge < -0.3 is 15.4 Å². The van der Waals surface area contributed by atoms with Crippen molar-refractivity contribution in [3.8, 4) is 0 Å². The molecule has 3 unspecified atom stereocenters. The molecular weight excluding hydrogens is 390 g/mol. The first-order valence-corrected chi connectivity index (χ1v) is 12.2. The lowest BCUT2D eigenvalue weighted by molar-refractivity contribution is -0.121. The first kappa shape index (κ1) is 27.4. The second kappa shape index (κ2) is 17.0. The van der Waals surface area contributed by atoms with E-state index < -0.39 is 0 Å². The summed E-state index contributed by atoms with van der Waals surface area (Å²) in [6, 6.07) is 0.348. The molecule has 3 atom stereocenters. The number of nitrogens with one attached hydrogen (secondary N) is 2. The van der Waals surface area contributed by atoms with Crippen molar-refractivity contribution in [2.24, 2.45) is 0 Å². The topological polar surface area (TPSA) is 74.0 Å². The van der Waals surface area contributed by atoms with Gasteiger partial charge in [0.2, 0.25) is 11.8 Å². The molecule has 0 saturated carbocycles. The SMILES string of the molecule is CCC/C=C/CCC(=O)NCC(C)N(CC1CO1)C(C)CNC(=O)CC/C=C/CCC. The van der Waals surface area contributed by atoms with Crippen LogP contribution in [-0.2, 0) is 14.3 Å². The third-order valence-corrected chi connectivity index (χ3v) is 5.46. The van der Waals surface area contributed by atoms with E-state index in [0.717, 1.165) is 51.7 Å². The summed E-state index contributed by atoms with van der Waals surface area (Å²) in [5, 5.41) is 6.12. The fourth-order valence-electron chi connectivity index (χ4n) is 3.37. The minimum Gasteiger partial charge on any atom is -0.372 e. The number of epoxide rings is 1. The Morgan fingerprint density at radius 2 is 1.29 bits per heavy atom. The van der Waals surface area contributed by atoms with Crippen molar-refractivity contribution in [3.63, 3.8) is 0 Å². The first-order valence-electron chi connectivity index (χ1n) is 12.2. The fourth-order valence-corrected chi connectivity index (χ4v) is 3.37. The molecule has 2 N–H and O–H groups in total. The Morgan fingerprint density at radius 1 is 0.871 bits per heavy atom. The summed E-state index contributed by atoms with van der Waals surface area (Å²) < 4.78 is 5.43. The molecule has 1 aliphatic rings. The van der Waals surface area contributed by atoms with Crippen LogP contribution in [0.15, 0.2) is 24.3 Å². The zero-order valence-corrected chi connectivity index (χ0v) is 20.2. The molecule has 1 fully saturated rings. The van der Waals surface area contributed by atoms with E-state index in [2.05, 4.69) is 67.5 Å². The Bertz CT molecular complexity index is 516. The Balaban J connectivity index is 2.36. The molecule has 0 radical (unpaired) electrons. The molecule has 0 aromatic heterocycles. The zero-order chi connectivity index (χ0) is 22.9. The monoisotopic (exact) mass is 435 g/mol. The lowest BCUT2D eigenvalue weighted by atomic mass is 10.1. The van der Waals surface area contributed by atoms with Crippen LogP contribution in [0.2, 0.25) is 0 Å². The summed E-state index contributed by atoms with van der Waals surface area (Å²) in [5.41, 5.74) is 0. The third kappa shape index (κ3) is 14.1. The van der Waals surface area contributed by atoms with Crippen molar-refractivity contribution in [1.29, 1.82) is 0 Å². The number of unbranched alkanes of at least 4 members (excludes halogenated alkanes) is 2. The molecule has 1 aliphatic heterocycles. The number of carbonyl (C=O) groups is 2. The number of ether oxygens (including phenoxy) is 1. The Labute approximate surface area is 189 Å². The van der Waals surface area contributed by atoms with Crippen LogP contribution >= 0.6 is 0 Å². The van der Waals surface area contributed by atoms with Gasteiger partial charge in [-0.25, -0.2) is 0 Å². The molecular formula is C25H45N3O3. The van der Waals surface area contributed by atoms with Crippen LogP contribution in [0.4, 0.5) is 0 Å². The number of carbonyl (C=O) groups excluding carboxylic acids is 2. The van der Waals surface area contributed by atoms with Crippen molar-refractivity contribution in [2.75, 3.05) is 26.2 Å². The van der Waals surface area contributed by atoms with Gasteiger partial charge in [0.25, 0.3) is 0 Å². The van der Waals surface area contributed by atoms with Gasteiger partial charge in [0.1, 0.15) is 0 Å². The van der Waals surface area contributed by atoms with Gasteiger partial charge in [-0.3, -0.25) is 14.5 Å². The minimum absolute atomic E-state index is 0.0905. The maximum atomic E-state index is 12.1. The first-order chi connectivity index (χ1) is 15.0. The van der Waals surface area contributed by atoms with Gasteiger partial charge in [-0.1, -0.05) is 51.0 Å². The van der Waals surface area contributed by atoms with Crippen molar-refractivity contribution in [2.45, 2.75) is 97.2 Å². The van der Waals surface area contributed by atoms with Crippen LogP contribution in [0.3, 0.4) is 0 Å². The number of nitrogens with zero attached hydrogens (tertiary/aromatic N) is 1. The second-order valence-electron chi connectivity index (χ2n) is 8.56. The molecule has 2 amide bonds. The molecule has 0 aromatic rings. The van der Waals surface area contributed by atoms with Gasteiger partial charge in [-0.15, -0.1) is 0 Å². The summed E-state index contributed by atoms with van der Waals surface area (Å²) in [7, 11) is 0. The average molecular weight is 436 g/mol. The summed E-state index contributed by atoms with van der Waals surface area (Å²) >= 11 is 0. The highest BCUT2D eigenvalue weighted by Gasteiger charge is 2.30. The van der Waals surface area contributed by atoms with Crippen LogP contribution in [0.5, 0.6) is 0 Å². The van der Waals surface area contributed by atoms with Crippen LogP contribution < -0.4 is 10.6 Å². The molecule has 0 aliphatic carbocycles. The van der Waals surface area contributed by atoms with Gasteiger partial charge in [0.05, 0.1) is 12.7 Å². The van der Waals surface area contributed by atoms with Crippen LogP contribution in [0.1, 0.15) is 79.1 Å². The molecule has 0 aromatic carbocycles. The predicted molar refractivity (Wildman–Crippen MR) is 128 cm³/mol. The molecule has 0 bridgehead atoms. The van der Waals surface area contributed by atoms with Gasteiger partial charge in [0.15, 0.2) is 0 Å². The van der Waals surface area contributed by atoms with Crippen molar-refractivity contribution in [3.05, 3.63) is 24.3 Å². The highest BCUT2D eigenvalue weighted by atomic mass is 16.6. The molecule has 1 saturated heterocycles. The zero-order valence-electron chi connectivity index (χ0n) is 20.2. The maximum absolute atomic E-state index is 12.1. The van der Waals surface area contributed by atoms with E-state index in [0.29, 0.717) is 25.9 Å². The maximum Gasteiger partial charge on any atom is 0.220 e. The van der Waals surface area contributed by atoms with Crippen LogP contribution in [0.25, 0.3) is 0 Å². The third-order valence-electron chi connectivity index (χ3n) is 5.46. The summed E-state index contributed by atoms with van der Waals surface area (Å²) in [6.07, 6.45) is 15.8. The van der Waals surface area contributed by atoms with E-state index in [1.54, 1.807) is 0 Å². The number of allylic oxidation sites excluding steroid dienone is 4. The number of rotatable bonds is 18. The summed E-state index contributed by atoms with van der Waals surface area (Å²) in [4.78, 5) is 26.6. The lowest BCUT2D eigenvalue weighted by Crippen LogP contribution is -2.51. The number of hydrogen-bond acceptors (Lipinski definition) is 4. The molecule has 0 spiro atoms. The standard InChI is InChI=1S/C25H45N3O3/c1-5-7-9-11-13-15-24(29)26-17-21(3)28(19-23-20-31-23)22(4)18-27-25(30)16-14-12-10-8-6-2/h9-12,21-23H,5-8,13-20H2,1-4H3,(H,26,29)(H,27,30)/b11-9+,12-10+. The van der Waals surface area contributed by atoms with E-state index in [4.69, 9.17) is 4.74 Å². The van der Waals surface area contributed by atoms with Gasteiger partial charge in [-0.2, -0.15) is 0 Å². The van der Waals surface area contributed by atoms with Gasteiger partial charge >= 0.3 is 0 Å². The molecule has 31 heavy (non-hydrogen) atoms. The van der Waals surface area contributed by atoms with Crippen molar-refractivity contribution < 1.29 is 14.3 Å². The van der Waals surface area contributed by atoms with Gasteiger partial charge in [0, 0.05) is 44.6 Å². The molecule has 6 heteroatoms. The lowest BCUT2D eigenvalue weighted by Gasteiger charge is -2.34.